The van der Waals surface area contributed by atoms with Gasteiger partial charge in [-0.3, -0.25) is 0 Å². The van der Waals surface area contributed by atoms with Crippen LogP contribution in [0.4, 0.5) is 4.79 Å². The number of carbonyl (C=O) groups is 2. The van der Waals surface area contributed by atoms with E-state index in [4.69, 9.17) is 9.47 Å². The van der Waals surface area contributed by atoms with E-state index in [0.717, 1.165) is 12.8 Å². The number of amides is 1. The second-order valence-electron chi connectivity index (χ2n) is 5.89. The summed E-state index contributed by atoms with van der Waals surface area (Å²) in [7, 11) is 0. The summed E-state index contributed by atoms with van der Waals surface area (Å²) < 4.78 is 10.6. The van der Waals surface area contributed by atoms with Crippen LogP contribution in [0.2, 0.25) is 0 Å². The van der Waals surface area contributed by atoms with Crippen molar-refractivity contribution in [3.63, 3.8) is 0 Å². The Morgan fingerprint density at radius 1 is 1.55 bits per heavy atom. The molecule has 2 aliphatic rings. The van der Waals surface area contributed by atoms with E-state index in [1.807, 2.05) is 0 Å². The van der Waals surface area contributed by atoms with E-state index >= 15 is 0 Å². The maximum atomic E-state index is 11.8. The first-order valence-corrected chi connectivity index (χ1v) is 6.78. The van der Waals surface area contributed by atoms with E-state index in [9.17, 15) is 14.7 Å². The van der Waals surface area contributed by atoms with Gasteiger partial charge in [-0.25, -0.2) is 9.59 Å². The number of nitrogens with one attached hydrogen (secondary N) is 1. The Morgan fingerprint density at radius 2 is 2.25 bits per heavy atom. The first-order chi connectivity index (χ1) is 9.38. The molecule has 1 saturated heterocycles. The van der Waals surface area contributed by atoms with E-state index in [1.165, 1.54) is 6.08 Å². The van der Waals surface area contributed by atoms with Gasteiger partial charge in [0.15, 0.2) is 5.54 Å². The molecular weight excluding hydrogens is 262 g/mol. The Bertz CT molecular complexity index is 433. The largest absolute Gasteiger partial charge is 0.479 e. The minimum absolute atomic E-state index is 0.0482. The van der Waals surface area contributed by atoms with E-state index in [-0.39, 0.29) is 18.6 Å². The standard InChI is InChI=1S/C14H21NO5/c1-4-7-20-12(18)15-14(11(16)17)9-6-5-8-19-10(9)13(14,2)3/h4,9-10H,1,5-8H2,2-3H3,(H,15,18)(H,16,17). The monoisotopic (exact) mass is 283 g/mol. The quantitative estimate of drug-likeness (QED) is 0.765. The molecule has 3 unspecified atom stereocenters. The van der Waals surface area contributed by atoms with Crippen LogP contribution in [-0.2, 0) is 14.3 Å². The molecule has 0 aromatic carbocycles. The predicted molar refractivity (Wildman–Crippen MR) is 71.3 cm³/mol. The van der Waals surface area contributed by atoms with Gasteiger partial charge in [0.25, 0.3) is 0 Å². The van der Waals surface area contributed by atoms with Gasteiger partial charge in [0.1, 0.15) is 6.61 Å². The number of ether oxygens (including phenoxy) is 2. The zero-order valence-corrected chi connectivity index (χ0v) is 11.8. The second-order valence-corrected chi connectivity index (χ2v) is 5.89. The highest BCUT2D eigenvalue weighted by Crippen LogP contribution is 2.58. The maximum absolute atomic E-state index is 11.8. The average molecular weight is 283 g/mol. The van der Waals surface area contributed by atoms with Gasteiger partial charge in [0.05, 0.1) is 6.10 Å². The molecule has 6 heteroatoms. The van der Waals surface area contributed by atoms with Crippen LogP contribution in [0.5, 0.6) is 0 Å². The number of hydrogen-bond acceptors (Lipinski definition) is 4. The van der Waals surface area contributed by atoms with Gasteiger partial charge < -0.3 is 19.9 Å². The van der Waals surface area contributed by atoms with Gasteiger partial charge in [0.2, 0.25) is 0 Å². The second kappa shape index (κ2) is 5.09. The lowest BCUT2D eigenvalue weighted by molar-refractivity contribution is -0.241. The SMILES string of the molecule is C=CCOC(=O)NC1(C(=O)O)C2CCCOC2C1(C)C. The fourth-order valence-corrected chi connectivity index (χ4v) is 3.62. The summed E-state index contributed by atoms with van der Waals surface area (Å²) in [6, 6.07) is 0. The van der Waals surface area contributed by atoms with Crippen molar-refractivity contribution in [2.75, 3.05) is 13.2 Å². The third kappa shape index (κ3) is 1.90. The molecule has 2 fully saturated rings. The molecule has 0 radical (unpaired) electrons. The molecule has 1 saturated carbocycles. The molecule has 1 aliphatic carbocycles. The number of carboxylic acids is 1. The van der Waals surface area contributed by atoms with Gasteiger partial charge in [-0.15, -0.1) is 0 Å². The van der Waals surface area contributed by atoms with Crippen LogP contribution in [-0.4, -0.2) is 42.0 Å². The van der Waals surface area contributed by atoms with Crippen molar-refractivity contribution in [3.8, 4) is 0 Å². The number of rotatable bonds is 4. The maximum Gasteiger partial charge on any atom is 0.408 e. The lowest BCUT2D eigenvalue weighted by Crippen LogP contribution is -2.82. The van der Waals surface area contributed by atoms with E-state index in [0.29, 0.717) is 6.61 Å². The van der Waals surface area contributed by atoms with E-state index in [1.54, 1.807) is 13.8 Å². The lowest BCUT2D eigenvalue weighted by atomic mass is 9.46. The Morgan fingerprint density at radius 3 is 2.85 bits per heavy atom. The summed E-state index contributed by atoms with van der Waals surface area (Å²) >= 11 is 0. The molecule has 6 nitrogen and oxygen atoms in total. The van der Waals surface area contributed by atoms with Crippen LogP contribution < -0.4 is 5.32 Å². The van der Waals surface area contributed by atoms with Crippen LogP contribution in [0.3, 0.4) is 0 Å². The van der Waals surface area contributed by atoms with Crippen LogP contribution in [0, 0.1) is 11.3 Å². The van der Waals surface area contributed by atoms with Crippen LogP contribution >= 0.6 is 0 Å². The number of alkyl carbamates (subject to hydrolysis) is 1. The number of carboxylic acid groups (broad SMARTS) is 1. The van der Waals surface area contributed by atoms with Crippen LogP contribution in [0.15, 0.2) is 12.7 Å². The Hall–Kier alpha value is -1.56. The molecule has 2 rings (SSSR count). The molecule has 0 aromatic heterocycles. The summed E-state index contributed by atoms with van der Waals surface area (Å²) in [4.78, 5) is 23.6. The average Bonchev–Trinajstić information content (AvgIpc) is 2.41. The van der Waals surface area contributed by atoms with Crippen molar-refractivity contribution in [3.05, 3.63) is 12.7 Å². The van der Waals surface area contributed by atoms with E-state index in [2.05, 4.69) is 11.9 Å². The molecule has 112 valence electrons. The molecule has 2 N–H and O–H groups in total. The first kappa shape index (κ1) is 14.8. The van der Waals surface area contributed by atoms with E-state index < -0.39 is 23.0 Å². The predicted octanol–water partition coefficient (Wildman–Crippen LogP) is 1.56. The van der Waals surface area contributed by atoms with Crippen molar-refractivity contribution in [2.24, 2.45) is 11.3 Å². The number of carbonyl (C=O) groups excluding carboxylic acids is 1. The smallest absolute Gasteiger partial charge is 0.408 e. The molecule has 0 spiro atoms. The van der Waals surface area contributed by atoms with Gasteiger partial charge >= 0.3 is 12.1 Å². The normalized spacial score (nSPS) is 34.3. The zero-order chi connectivity index (χ0) is 15.0. The first-order valence-electron chi connectivity index (χ1n) is 6.78. The fraction of sp³-hybridized carbons (Fsp3) is 0.714. The topological polar surface area (TPSA) is 84.9 Å². The van der Waals surface area contributed by atoms with Gasteiger partial charge in [-0.05, 0) is 12.8 Å². The van der Waals surface area contributed by atoms with Gasteiger partial charge in [-0.1, -0.05) is 26.5 Å². The summed E-state index contributed by atoms with van der Waals surface area (Å²) in [6.45, 7) is 7.75. The van der Waals surface area contributed by atoms with Crippen LogP contribution in [0.25, 0.3) is 0 Å². The molecule has 1 aliphatic heterocycles. The number of aliphatic carboxylic acids is 1. The molecule has 0 bridgehead atoms. The molecule has 3 atom stereocenters. The van der Waals surface area contributed by atoms with Crippen molar-refractivity contribution >= 4 is 12.1 Å². The summed E-state index contributed by atoms with van der Waals surface area (Å²) in [6.07, 6.45) is 2.08. The Kier molecular flexibility index (Phi) is 3.77. The summed E-state index contributed by atoms with van der Waals surface area (Å²) in [5.74, 6) is -1.26. The fourth-order valence-electron chi connectivity index (χ4n) is 3.62. The van der Waals surface area contributed by atoms with Crippen molar-refractivity contribution in [2.45, 2.75) is 38.3 Å². The highest BCUT2D eigenvalue weighted by molar-refractivity contribution is 5.88. The minimum Gasteiger partial charge on any atom is -0.479 e. The molecule has 1 heterocycles. The number of fused-ring (bicyclic) bond motifs is 1. The summed E-state index contributed by atoms with van der Waals surface area (Å²) in [5.41, 5.74) is -2.02. The van der Waals surface area contributed by atoms with Gasteiger partial charge in [-0.2, -0.15) is 0 Å². The minimum atomic E-state index is -1.34. The Labute approximate surface area is 118 Å². The third-order valence-corrected chi connectivity index (χ3v) is 4.58. The lowest BCUT2D eigenvalue weighted by Gasteiger charge is -2.65. The van der Waals surface area contributed by atoms with Crippen molar-refractivity contribution in [1.82, 2.24) is 5.32 Å². The van der Waals surface area contributed by atoms with Crippen molar-refractivity contribution in [1.29, 1.82) is 0 Å². The summed E-state index contributed by atoms with van der Waals surface area (Å²) in [5, 5.41) is 12.3. The van der Waals surface area contributed by atoms with Gasteiger partial charge in [0, 0.05) is 17.9 Å². The zero-order valence-electron chi connectivity index (χ0n) is 11.8. The number of hydrogen-bond donors (Lipinski definition) is 2. The van der Waals surface area contributed by atoms with Crippen molar-refractivity contribution < 1.29 is 24.2 Å². The highest BCUT2D eigenvalue weighted by Gasteiger charge is 2.73. The highest BCUT2D eigenvalue weighted by atomic mass is 16.5. The Balaban J connectivity index is 2.23. The van der Waals surface area contributed by atoms with Crippen LogP contribution in [0.1, 0.15) is 26.7 Å². The third-order valence-electron chi connectivity index (χ3n) is 4.58. The molecule has 20 heavy (non-hydrogen) atoms. The molecular formula is C14H21NO5. The molecule has 1 amide bonds. The molecule has 0 aromatic rings.